The molecule has 3 heterocycles. The maximum absolute atomic E-state index is 12.7. The predicted molar refractivity (Wildman–Crippen MR) is 90.8 cm³/mol. The summed E-state index contributed by atoms with van der Waals surface area (Å²) < 4.78 is 13.6. The number of piperidine rings is 1. The van der Waals surface area contributed by atoms with Gasteiger partial charge in [-0.1, -0.05) is 6.92 Å². The van der Waals surface area contributed by atoms with Crippen molar-refractivity contribution in [1.82, 2.24) is 14.5 Å². The lowest BCUT2D eigenvalue weighted by atomic mass is 10.0. The normalized spacial score (nSPS) is 25.8. The summed E-state index contributed by atoms with van der Waals surface area (Å²) in [5, 5.41) is 0. The van der Waals surface area contributed by atoms with E-state index in [9.17, 15) is 4.79 Å². The van der Waals surface area contributed by atoms with E-state index < -0.39 is 6.10 Å². The van der Waals surface area contributed by atoms with Gasteiger partial charge in [0, 0.05) is 38.5 Å². The van der Waals surface area contributed by atoms with Gasteiger partial charge in [-0.3, -0.25) is 4.79 Å². The Morgan fingerprint density at radius 2 is 2.33 bits per heavy atom. The van der Waals surface area contributed by atoms with Crippen molar-refractivity contribution >= 4 is 5.91 Å². The highest BCUT2D eigenvalue weighted by Crippen LogP contribution is 2.24. The van der Waals surface area contributed by atoms with E-state index >= 15 is 0 Å². The first-order valence-electron chi connectivity index (χ1n) is 9.22. The molecule has 2 saturated heterocycles. The lowest BCUT2D eigenvalue weighted by Crippen LogP contribution is -2.45. The van der Waals surface area contributed by atoms with Gasteiger partial charge in [-0.05, 0) is 32.6 Å². The van der Waals surface area contributed by atoms with E-state index in [2.05, 4.69) is 16.5 Å². The van der Waals surface area contributed by atoms with Crippen molar-refractivity contribution in [2.45, 2.75) is 64.2 Å². The lowest BCUT2D eigenvalue weighted by Gasteiger charge is -2.35. The maximum atomic E-state index is 12.7. The molecule has 6 nitrogen and oxygen atoms in total. The topological polar surface area (TPSA) is 56.6 Å². The van der Waals surface area contributed by atoms with Gasteiger partial charge in [0.05, 0.1) is 18.8 Å². The van der Waals surface area contributed by atoms with Gasteiger partial charge in [0.15, 0.2) is 0 Å². The number of carbonyl (C=O) groups excluding carboxylic acids is 1. The van der Waals surface area contributed by atoms with Crippen LogP contribution in [0.15, 0.2) is 12.4 Å². The molecule has 0 radical (unpaired) electrons. The number of aryl methyl sites for hydroxylation is 1. The third kappa shape index (κ3) is 3.98. The van der Waals surface area contributed by atoms with Gasteiger partial charge in [-0.2, -0.15) is 0 Å². The van der Waals surface area contributed by atoms with Crippen molar-refractivity contribution in [3.63, 3.8) is 0 Å². The summed E-state index contributed by atoms with van der Waals surface area (Å²) in [4.78, 5) is 19.1. The Balaban J connectivity index is 1.54. The third-order valence-corrected chi connectivity index (χ3v) is 5.07. The fraction of sp³-hybridized carbons (Fsp3) is 0.778. The van der Waals surface area contributed by atoms with Crippen LogP contribution in [0.1, 0.15) is 51.4 Å². The van der Waals surface area contributed by atoms with Crippen LogP contribution in [0.4, 0.5) is 0 Å². The van der Waals surface area contributed by atoms with Crippen molar-refractivity contribution in [2.24, 2.45) is 0 Å². The molecular weight excluding hydrogens is 306 g/mol. The summed E-state index contributed by atoms with van der Waals surface area (Å²) >= 11 is 0. The molecule has 2 aliphatic rings. The molecule has 1 aromatic heterocycles. The number of carbonyl (C=O) groups is 1. The number of imidazole rings is 1. The number of rotatable bonds is 6. The van der Waals surface area contributed by atoms with Crippen molar-refractivity contribution in [2.75, 3.05) is 26.3 Å². The average molecular weight is 335 g/mol. The number of aromatic nitrogens is 2. The molecule has 2 fully saturated rings. The van der Waals surface area contributed by atoms with Gasteiger partial charge in [0.2, 0.25) is 0 Å². The zero-order valence-corrected chi connectivity index (χ0v) is 14.8. The Morgan fingerprint density at radius 3 is 3.08 bits per heavy atom. The lowest BCUT2D eigenvalue weighted by molar-refractivity contribution is -0.146. The van der Waals surface area contributed by atoms with Crippen molar-refractivity contribution < 1.29 is 14.3 Å². The minimum atomic E-state index is -0.401. The van der Waals surface area contributed by atoms with E-state index in [-0.39, 0.29) is 12.0 Å². The van der Waals surface area contributed by atoms with E-state index in [1.54, 1.807) is 0 Å². The predicted octanol–water partition coefficient (Wildman–Crippen LogP) is 2.19. The molecule has 0 aliphatic carbocycles. The van der Waals surface area contributed by atoms with Crippen LogP contribution in [-0.4, -0.2) is 58.9 Å². The zero-order valence-electron chi connectivity index (χ0n) is 14.8. The van der Waals surface area contributed by atoms with Crippen molar-refractivity contribution in [1.29, 1.82) is 0 Å². The van der Waals surface area contributed by atoms with E-state index in [0.29, 0.717) is 12.6 Å². The van der Waals surface area contributed by atoms with Gasteiger partial charge >= 0.3 is 0 Å². The molecule has 0 bridgehead atoms. The highest BCUT2D eigenvalue weighted by Gasteiger charge is 2.29. The standard InChI is InChI=1S/C18H29N3O3/c1-3-17-19-8-10-21(17)15-6-4-9-20(12-15)18(22)14(2)24-13-16-7-5-11-23-16/h8,10,14-16H,3-7,9,11-13H2,1-2H3/t14-,15-,16+/m1/s1. The first-order chi connectivity index (χ1) is 11.7. The van der Waals surface area contributed by atoms with Gasteiger partial charge < -0.3 is 18.9 Å². The fourth-order valence-corrected chi connectivity index (χ4v) is 3.69. The molecule has 3 atom stereocenters. The molecule has 6 heteroatoms. The van der Waals surface area contributed by atoms with Crippen LogP contribution < -0.4 is 0 Å². The van der Waals surface area contributed by atoms with Crippen LogP contribution in [0.5, 0.6) is 0 Å². The van der Waals surface area contributed by atoms with Gasteiger partial charge in [-0.25, -0.2) is 4.98 Å². The first-order valence-corrected chi connectivity index (χ1v) is 9.22. The number of ether oxygens (including phenoxy) is 2. The molecular formula is C18H29N3O3. The Labute approximate surface area is 144 Å². The summed E-state index contributed by atoms with van der Waals surface area (Å²) in [5.74, 6) is 1.19. The maximum Gasteiger partial charge on any atom is 0.251 e. The molecule has 1 aromatic rings. The smallest absolute Gasteiger partial charge is 0.251 e. The zero-order chi connectivity index (χ0) is 16.9. The van der Waals surface area contributed by atoms with E-state index in [0.717, 1.165) is 57.6 Å². The summed E-state index contributed by atoms with van der Waals surface area (Å²) in [6.45, 7) is 6.87. The number of hydrogen-bond acceptors (Lipinski definition) is 4. The van der Waals surface area contributed by atoms with Crippen LogP contribution in [0.3, 0.4) is 0 Å². The third-order valence-electron chi connectivity index (χ3n) is 5.07. The van der Waals surface area contributed by atoms with Gasteiger partial charge in [-0.15, -0.1) is 0 Å². The second kappa shape index (κ2) is 8.12. The highest BCUT2D eigenvalue weighted by molar-refractivity contribution is 5.80. The van der Waals surface area contributed by atoms with Crippen LogP contribution >= 0.6 is 0 Å². The number of hydrogen-bond donors (Lipinski definition) is 0. The van der Waals surface area contributed by atoms with Crippen LogP contribution in [0, 0.1) is 0 Å². The molecule has 0 unspecified atom stereocenters. The summed E-state index contributed by atoms with van der Waals surface area (Å²) in [7, 11) is 0. The molecule has 1 amide bonds. The SMILES string of the molecule is CCc1nccn1[C@@H]1CCCN(C(=O)[C@@H](C)OC[C@@H]2CCCO2)C1. The summed E-state index contributed by atoms with van der Waals surface area (Å²) in [6.07, 6.45) is 8.81. The van der Waals surface area contributed by atoms with Crippen LogP contribution in [0.25, 0.3) is 0 Å². The second-order valence-electron chi connectivity index (χ2n) is 6.80. The Bertz CT molecular complexity index is 539. The molecule has 0 N–H and O–H groups in total. The monoisotopic (exact) mass is 335 g/mol. The minimum absolute atomic E-state index is 0.0934. The van der Waals surface area contributed by atoms with Crippen molar-refractivity contribution in [3.05, 3.63) is 18.2 Å². The van der Waals surface area contributed by atoms with E-state index in [1.165, 1.54) is 0 Å². The molecule has 0 spiro atoms. The molecule has 0 aromatic carbocycles. The minimum Gasteiger partial charge on any atom is -0.376 e. The first kappa shape index (κ1) is 17.4. The number of nitrogens with zero attached hydrogens (tertiary/aromatic N) is 3. The summed E-state index contributed by atoms with van der Waals surface area (Å²) in [5.41, 5.74) is 0. The van der Waals surface area contributed by atoms with Crippen molar-refractivity contribution in [3.8, 4) is 0 Å². The van der Waals surface area contributed by atoms with Gasteiger partial charge in [0.1, 0.15) is 11.9 Å². The number of likely N-dealkylation sites (tertiary alicyclic amines) is 1. The molecule has 24 heavy (non-hydrogen) atoms. The van der Waals surface area contributed by atoms with Crippen LogP contribution in [0.2, 0.25) is 0 Å². The van der Waals surface area contributed by atoms with E-state index in [1.807, 2.05) is 24.2 Å². The van der Waals surface area contributed by atoms with Gasteiger partial charge in [0.25, 0.3) is 5.91 Å². The Kier molecular flexibility index (Phi) is 5.89. The highest BCUT2D eigenvalue weighted by atomic mass is 16.5. The molecule has 2 aliphatic heterocycles. The quantitative estimate of drug-likeness (QED) is 0.800. The number of amides is 1. The summed E-state index contributed by atoms with van der Waals surface area (Å²) in [6, 6.07) is 0.325. The Morgan fingerprint density at radius 1 is 1.46 bits per heavy atom. The average Bonchev–Trinajstić information content (AvgIpc) is 3.30. The molecule has 134 valence electrons. The largest absolute Gasteiger partial charge is 0.376 e. The second-order valence-corrected chi connectivity index (χ2v) is 6.80. The molecule has 0 saturated carbocycles. The molecule has 3 rings (SSSR count). The van der Waals surface area contributed by atoms with Crippen LogP contribution in [-0.2, 0) is 20.7 Å². The Hall–Kier alpha value is -1.40. The fourth-order valence-electron chi connectivity index (χ4n) is 3.69. The van der Waals surface area contributed by atoms with E-state index in [4.69, 9.17) is 9.47 Å².